The van der Waals surface area contributed by atoms with Gasteiger partial charge in [0, 0.05) is 115 Å². The molecule has 86 heavy (non-hydrogen) atoms. The van der Waals surface area contributed by atoms with Crippen LogP contribution in [-0.4, -0.2) is 180 Å². The van der Waals surface area contributed by atoms with Crippen LogP contribution in [0.2, 0.25) is 5.02 Å². The van der Waals surface area contributed by atoms with E-state index < -0.39 is 52.8 Å². The third-order valence-electron chi connectivity index (χ3n) is 17.1. The number of carbonyl (C=O) groups is 7. The number of benzene rings is 2. The van der Waals surface area contributed by atoms with Gasteiger partial charge in [-0.2, -0.15) is 4.98 Å². The third-order valence-corrected chi connectivity index (χ3v) is 17.4. The zero-order chi connectivity index (χ0) is 62.2. The van der Waals surface area contributed by atoms with Crippen molar-refractivity contribution in [1.29, 1.82) is 0 Å². The fraction of sp³-hybridized carbons (Fsp3) is 0.578. The van der Waals surface area contributed by atoms with Gasteiger partial charge in [-0.25, -0.2) is 13.8 Å². The molecule has 0 bridgehead atoms. The van der Waals surface area contributed by atoms with Crippen molar-refractivity contribution < 1.29 is 61.7 Å². The number of nitrogens with zero attached hydrogens (tertiary/aromatic N) is 7. The summed E-state index contributed by atoms with van der Waals surface area (Å²) in [5, 5.41) is 13.7. The predicted octanol–water partition coefficient (Wildman–Crippen LogP) is 9.03. The normalized spacial score (nSPS) is 19.5. The van der Waals surface area contributed by atoms with Crippen LogP contribution in [0.5, 0.6) is 5.75 Å². The average molecular weight is 1220 g/mol. The number of phenols is 1. The lowest BCUT2D eigenvalue weighted by molar-refractivity contribution is -0.163. The Morgan fingerprint density at radius 2 is 1.53 bits per heavy atom. The van der Waals surface area contributed by atoms with E-state index in [9.17, 15) is 38.7 Å². The van der Waals surface area contributed by atoms with Gasteiger partial charge in [0.2, 0.25) is 29.5 Å². The molecule has 1 unspecified atom stereocenters. The number of phenolic OH excluding ortho intramolecular Hbond substituents is 1. The first-order valence-electron chi connectivity index (χ1n) is 30.3. The van der Waals surface area contributed by atoms with Crippen molar-refractivity contribution in [3.63, 3.8) is 0 Å². The highest BCUT2D eigenvalue weighted by molar-refractivity contribution is 6.37. The number of anilines is 2. The van der Waals surface area contributed by atoms with Crippen LogP contribution in [0.15, 0.2) is 60.7 Å². The molecule has 4 amide bonds. The molecule has 2 aromatic carbocycles. The summed E-state index contributed by atoms with van der Waals surface area (Å²) < 4.78 is 49.4. The number of rotatable bonds is 28. The van der Waals surface area contributed by atoms with E-state index in [1.165, 1.54) is 24.3 Å². The molecule has 0 aliphatic carbocycles. The highest BCUT2D eigenvalue weighted by Gasteiger charge is 2.38. The Hall–Kier alpha value is -6.84. The van der Waals surface area contributed by atoms with Gasteiger partial charge in [-0.3, -0.25) is 33.6 Å². The number of hydrogen-bond acceptors (Lipinski definition) is 15. The lowest BCUT2D eigenvalue weighted by Crippen LogP contribution is -2.50. The molecule has 3 aromatic rings. The molecule has 1 aromatic heterocycles. The maximum atomic E-state index is 16.7. The summed E-state index contributed by atoms with van der Waals surface area (Å²) in [4.78, 5) is 109. The molecule has 7 rings (SSSR count). The standard InChI is InChI=1S/C64H85ClF2N8O11/c1-8-53(79)71-31-33-74(34-32-71)62-45-38-46(65)56(57-47(66)16-13-17-49(57)78)58(67)59(45)69-64(70-62)68-24-23-55(81)73-29-27-72(28-30-73)54(80)20-12-15-44(48(77)22-21-43(6)61(40(2)3)85-39-76)36-41(4)35-42(5)37-52(84-7)50-18-14-19-51(86-50)60(82)63(83)75-25-10-9-11-26-75/h8,13,16-17,36,38-39,42-44,50-52,61,78H,1-2,9-12,14-15,18-35,37H2,3-7H3,(H,68,69,70)/b41-36+/t42-,43+,44+,50-,51?,52-,61+/m0/s1. The summed E-state index contributed by atoms with van der Waals surface area (Å²) in [6, 6.07) is 5.01. The minimum Gasteiger partial charge on any atom is -0.507 e. The van der Waals surface area contributed by atoms with Crippen molar-refractivity contribution in [3.05, 3.63) is 77.4 Å². The number of hydrogen-bond donors (Lipinski definition) is 2. The summed E-state index contributed by atoms with van der Waals surface area (Å²) >= 11 is 6.63. The Morgan fingerprint density at radius 3 is 2.17 bits per heavy atom. The molecule has 4 aliphatic heterocycles. The van der Waals surface area contributed by atoms with E-state index in [2.05, 4.69) is 30.4 Å². The Balaban J connectivity index is 0.938. The van der Waals surface area contributed by atoms with Crippen molar-refractivity contribution in [2.75, 3.05) is 89.3 Å². The predicted molar refractivity (Wildman–Crippen MR) is 324 cm³/mol. The number of nitrogens with one attached hydrogen (secondary N) is 1. The SMILES string of the molecule is C=CC(=O)N1CCN(c2nc(NCCC(=O)N3CCN(C(=O)CCC[C@H](/C=C(\C)C[C@H](C)C[C@H](OC)[C@@H]4CCCC(C(=O)C(=O)N5CCCCC5)O4)C(=O)CC[C@@H](C)[C@H](OC=O)C(=C)C)CC3)nc3c(F)c(-c4c(O)cccc4F)c(Cl)cc23)CC1. The Labute approximate surface area is 508 Å². The molecule has 0 spiro atoms. The second kappa shape index (κ2) is 31.7. The number of piperidine rings is 1. The van der Waals surface area contributed by atoms with Gasteiger partial charge in [0.1, 0.15) is 40.9 Å². The number of ether oxygens (including phenoxy) is 3. The summed E-state index contributed by atoms with van der Waals surface area (Å²) in [6.45, 7) is 19.5. The van der Waals surface area contributed by atoms with Gasteiger partial charge < -0.3 is 49.1 Å². The molecule has 0 radical (unpaired) electrons. The largest absolute Gasteiger partial charge is 0.507 e. The lowest BCUT2D eigenvalue weighted by atomic mass is 9.86. The number of ketones is 2. The number of likely N-dealkylation sites (tertiary alicyclic amines) is 1. The van der Waals surface area contributed by atoms with Gasteiger partial charge in [0.25, 0.3) is 12.4 Å². The first kappa shape index (κ1) is 66.7. The van der Waals surface area contributed by atoms with Crippen molar-refractivity contribution >= 4 is 75.9 Å². The molecule has 468 valence electrons. The zero-order valence-electron chi connectivity index (χ0n) is 50.5. The quantitative estimate of drug-likeness (QED) is 0.0300. The molecule has 4 saturated heterocycles. The van der Waals surface area contributed by atoms with E-state index in [0.717, 1.165) is 37.3 Å². The van der Waals surface area contributed by atoms with Gasteiger partial charge in [-0.05, 0) is 126 Å². The number of aromatic nitrogens is 2. The molecule has 5 heterocycles. The van der Waals surface area contributed by atoms with E-state index in [-0.39, 0.29) is 101 Å². The molecule has 22 heteroatoms. The highest BCUT2D eigenvalue weighted by atomic mass is 35.5. The van der Waals surface area contributed by atoms with E-state index in [1.54, 1.807) is 33.6 Å². The smallest absolute Gasteiger partial charge is 0.293 e. The molecule has 4 fully saturated rings. The third kappa shape index (κ3) is 17.2. The van der Waals surface area contributed by atoms with Gasteiger partial charge in [-0.15, -0.1) is 0 Å². The van der Waals surface area contributed by atoms with Crippen LogP contribution in [0, 0.1) is 29.4 Å². The molecular weight excluding hydrogens is 1130 g/mol. The van der Waals surface area contributed by atoms with Crippen molar-refractivity contribution in [1.82, 2.24) is 29.6 Å². The van der Waals surface area contributed by atoms with E-state index in [1.807, 2.05) is 24.8 Å². The van der Waals surface area contributed by atoms with Crippen molar-refractivity contribution in [2.24, 2.45) is 17.8 Å². The van der Waals surface area contributed by atoms with Crippen LogP contribution < -0.4 is 10.2 Å². The minimum absolute atomic E-state index is 0.00897. The van der Waals surface area contributed by atoms with Gasteiger partial charge in [0.05, 0.1) is 22.8 Å². The molecule has 0 saturated carbocycles. The summed E-state index contributed by atoms with van der Waals surface area (Å²) in [5.41, 5.74) is 0.685. The maximum absolute atomic E-state index is 16.7. The van der Waals surface area contributed by atoms with Crippen LogP contribution in [0.4, 0.5) is 20.5 Å². The highest BCUT2D eigenvalue weighted by Crippen LogP contribution is 2.43. The van der Waals surface area contributed by atoms with Gasteiger partial charge in [-0.1, -0.05) is 56.3 Å². The molecular formula is C64H85ClF2N8O11. The van der Waals surface area contributed by atoms with Crippen molar-refractivity contribution in [3.8, 4) is 16.9 Å². The van der Waals surface area contributed by atoms with Gasteiger partial charge in [0.15, 0.2) is 5.82 Å². The minimum atomic E-state index is -0.986. The lowest BCUT2D eigenvalue weighted by Gasteiger charge is -2.35. The first-order chi connectivity index (χ1) is 41.2. The number of allylic oxidation sites excluding steroid dienone is 2. The topological polar surface area (TPSA) is 221 Å². The number of methoxy groups -OCH3 is 1. The van der Waals surface area contributed by atoms with Crippen LogP contribution in [0.3, 0.4) is 0 Å². The van der Waals surface area contributed by atoms with Crippen LogP contribution in [0.1, 0.15) is 118 Å². The number of aromatic hydroxyl groups is 1. The molecule has 19 nitrogen and oxygen atoms in total. The summed E-state index contributed by atoms with van der Waals surface area (Å²) in [5.74, 6) is -4.07. The second-order valence-electron chi connectivity index (χ2n) is 23.5. The Bertz CT molecular complexity index is 2960. The fourth-order valence-corrected chi connectivity index (χ4v) is 12.7. The number of halogens is 3. The fourth-order valence-electron chi connectivity index (χ4n) is 12.4. The van der Waals surface area contributed by atoms with Crippen molar-refractivity contribution in [2.45, 2.75) is 142 Å². The number of piperazine rings is 2. The molecule has 7 atom stereocenters. The van der Waals surface area contributed by atoms with Gasteiger partial charge >= 0.3 is 0 Å². The van der Waals surface area contributed by atoms with Crippen LogP contribution in [-0.2, 0) is 47.8 Å². The van der Waals surface area contributed by atoms with E-state index in [0.29, 0.717) is 128 Å². The maximum Gasteiger partial charge on any atom is 0.293 e. The second-order valence-corrected chi connectivity index (χ2v) is 23.9. The number of carbonyl (C=O) groups excluding carboxylic acids is 7. The Kier molecular flexibility index (Phi) is 24.6. The number of fused-ring (bicyclic) bond motifs is 1. The number of amides is 4. The van der Waals surface area contributed by atoms with Crippen LogP contribution >= 0.6 is 11.6 Å². The Morgan fingerprint density at radius 1 is 0.860 bits per heavy atom. The first-order valence-corrected chi connectivity index (χ1v) is 30.7. The van der Waals surface area contributed by atoms with E-state index in [4.69, 9.17) is 30.8 Å². The average Bonchev–Trinajstić information content (AvgIpc) is 0.967. The van der Waals surface area contributed by atoms with E-state index >= 15 is 8.78 Å². The molecule has 2 N–H and O–H groups in total. The zero-order valence-corrected chi connectivity index (χ0v) is 51.2. The number of Topliss-reactive ketones (excluding diaryl/α,β-unsaturated/α-hetero) is 2. The summed E-state index contributed by atoms with van der Waals surface area (Å²) in [7, 11) is 1.64. The monoisotopic (exact) mass is 1210 g/mol. The molecule has 4 aliphatic rings. The van der Waals surface area contributed by atoms with Crippen LogP contribution in [0.25, 0.3) is 22.0 Å². The summed E-state index contributed by atoms with van der Waals surface area (Å²) in [6.07, 6.45) is 9.11.